The maximum absolute atomic E-state index is 6.20. The molecule has 0 aliphatic carbocycles. The summed E-state index contributed by atoms with van der Waals surface area (Å²) in [5.41, 5.74) is 0.985. The summed E-state index contributed by atoms with van der Waals surface area (Å²) in [5.74, 6) is 0. The second-order valence-electron chi connectivity index (χ2n) is 4.36. The number of likely N-dealkylation sites (N-methyl/N-ethyl adjacent to an activating group) is 1. The Hall–Kier alpha value is -0.280. The molecular formula is C14H21Cl2NO. The molecule has 2 unspecified atom stereocenters. The summed E-state index contributed by atoms with van der Waals surface area (Å²) < 4.78 is 5.55. The first-order chi connectivity index (χ1) is 8.63. The lowest BCUT2D eigenvalue weighted by Gasteiger charge is -2.26. The van der Waals surface area contributed by atoms with Crippen LogP contribution in [0, 0.1) is 0 Å². The summed E-state index contributed by atoms with van der Waals surface area (Å²) >= 11 is 12.4. The monoisotopic (exact) mass is 289 g/mol. The van der Waals surface area contributed by atoms with Crippen LogP contribution in [0.15, 0.2) is 18.2 Å². The Balaban J connectivity index is 2.85. The number of halogens is 2. The Kier molecular flexibility index (Phi) is 7.02. The van der Waals surface area contributed by atoms with Crippen LogP contribution in [-0.4, -0.2) is 26.3 Å². The van der Waals surface area contributed by atoms with Crippen molar-refractivity contribution in [2.75, 3.05) is 14.2 Å². The fourth-order valence-corrected chi connectivity index (χ4v) is 2.69. The minimum absolute atomic E-state index is 0.173. The highest BCUT2D eigenvalue weighted by atomic mass is 35.5. The molecule has 1 aromatic rings. The zero-order valence-corrected chi connectivity index (χ0v) is 12.7. The molecule has 102 valence electrons. The SMILES string of the molecule is CCCC(OC)C(Cc1c(Cl)cccc1Cl)NC. The third-order valence-corrected chi connectivity index (χ3v) is 3.89. The Bertz CT molecular complexity index is 351. The van der Waals surface area contributed by atoms with Gasteiger partial charge in [-0.05, 0) is 37.6 Å². The van der Waals surface area contributed by atoms with E-state index < -0.39 is 0 Å². The first-order valence-corrected chi connectivity index (χ1v) is 7.02. The number of rotatable bonds is 7. The average molecular weight is 290 g/mol. The van der Waals surface area contributed by atoms with Gasteiger partial charge in [0, 0.05) is 23.2 Å². The molecule has 1 aromatic carbocycles. The Labute approximate surface area is 120 Å². The van der Waals surface area contributed by atoms with Gasteiger partial charge in [-0.1, -0.05) is 42.6 Å². The van der Waals surface area contributed by atoms with Gasteiger partial charge in [0.2, 0.25) is 0 Å². The van der Waals surface area contributed by atoms with Gasteiger partial charge in [0.25, 0.3) is 0 Å². The lowest BCUT2D eigenvalue weighted by molar-refractivity contribution is 0.0633. The first-order valence-electron chi connectivity index (χ1n) is 6.27. The second kappa shape index (κ2) is 8.00. The summed E-state index contributed by atoms with van der Waals surface area (Å²) in [5, 5.41) is 4.73. The minimum Gasteiger partial charge on any atom is -0.380 e. The lowest BCUT2D eigenvalue weighted by Crippen LogP contribution is -2.40. The predicted molar refractivity (Wildman–Crippen MR) is 78.7 cm³/mol. The number of methoxy groups -OCH3 is 1. The maximum Gasteiger partial charge on any atom is 0.0727 e. The molecule has 0 aliphatic rings. The van der Waals surface area contributed by atoms with Crippen molar-refractivity contribution in [2.24, 2.45) is 0 Å². The van der Waals surface area contributed by atoms with Crippen molar-refractivity contribution in [1.29, 1.82) is 0 Å². The third kappa shape index (κ3) is 4.13. The number of ether oxygens (including phenoxy) is 1. The van der Waals surface area contributed by atoms with Crippen LogP contribution in [0.3, 0.4) is 0 Å². The van der Waals surface area contributed by atoms with Gasteiger partial charge in [0.15, 0.2) is 0 Å². The molecule has 18 heavy (non-hydrogen) atoms. The summed E-state index contributed by atoms with van der Waals surface area (Å²) in [7, 11) is 3.69. The Morgan fingerprint density at radius 1 is 1.28 bits per heavy atom. The van der Waals surface area contributed by atoms with Crippen molar-refractivity contribution in [3.63, 3.8) is 0 Å². The molecule has 2 atom stereocenters. The van der Waals surface area contributed by atoms with E-state index in [1.165, 1.54) is 0 Å². The van der Waals surface area contributed by atoms with E-state index in [9.17, 15) is 0 Å². The van der Waals surface area contributed by atoms with E-state index in [2.05, 4.69) is 12.2 Å². The van der Waals surface area contributed by atoms with Crippen LogP contribution < -0.4 is 5.32 Å². The third-order valence-electron chi connectivity index (χ3n) is 3.18. The molecule has 0 spiro atoms. The molecule has 0 saturated carbocycles. The van der Waals surface area contributed by atoms with Crippen molar-refractivity contribution >= 4 is 23.2 Å². The zero-order valence-electron chi connectivity index (χ0n) is 11.2. The van der Waals surface area contributed by atoms with Crippen molar-refractivity contribution in [2.45, 2.75) is 38.3 Å². The van der Waals surface area contributed by atoms with E-state index in [0.717, 1.165) is 24.8 Å². The molecule has 0 radical (unpaired) electrons. The Morgan fingerprint density at radius 3 is 2.33 bits per heavy atom. The molecule has 0 amide bonds. The second-order valence-corrected chi connectivity index (χ2v) is 5.18. The molecule has 1 rings (SSSR count). The molecule has 0 aliphatic heterocycles. The van der Waals surface area contributed by atoms with E-state index in [1.807, 2.05) is 25.2 Å². The summed E-state index contributed by atoms with van der Waals surface area (Å²) in [6, 6.07) is 5.82. The van der Waals surface area contributed by atoms with Crippen LogP contribution in [0.25, 0.3) is 0 Å². The zero-order chi connectivity index (χ0) is 13.5. The standard InChI is InChI=1S/C14H21Cl2NO/c1-4-6-14(18-3)13(17-2)9-10-11(15)7-5-8-12(10)16/h5,7-8,13-14,17H,4,6,9H2,1-3H3. The van der Waals surface area contributed by atoms with Crippen molar-refractivity contribution < 1.29 is 4.74 Å². The van der Waals surface area contributed by atoms with E-state index in [4.69, 9.17) is 27.9 Å². The van der Waals surface area contributed by atoms with Crippen LogP contribution in [0.2, 0.25) is 10.0 Å². The normalized spacial score (nSPS) is 14.5. The number of nitrogens with one attached hydrogen (secondary N) is 1. The number of hydrogen-bond acceptors (Lipinski definition) is 2. The highest BCUT2D eigenvalue weighted by molar-refractivity contribution is 6.36. The van der Waals surface area contributed by atoms with Gasteiger partial charge in [-0.3, -0.25) is 0 Å². The molecule has 0 aromatic heterocycles. The van der Waals surface area contributed by atoms with Crippen LogP contribution >= 0.6 is 23.2 Å². The van der Waals surface area contributed by atoms with Crippen LogP contribution in [0.5, 0.6) is 0 Å². The predicted octanol–water partition coefficient (Wildman–Crippen LogP) is 3.94. The lowest BCUT2D eigenvalue weighted by atomic mass is 9.98. The summed E-state index contributed by atoms with van der Waals surface area (Å²) in [4.78, 5) is 0. The fourth-order valence-electron chi connectivity index (χ4n) is 2.13. The molecule has 0 heterocycles. The van der Waals surface area contributed by atoms with Crippen LogP contribution in [0.4, 0.5) is 0 Å². The van der Waals surface area contributed by atoms with Gasteiger partial charge in [-0.2, -0.15) is 0 Å². The maximum atomic E-state index is 6.20. The average Bonchev–Trinajstić information content (AvgIpc) is 2.36. The van der Waals surface area contributed by atoms with E-state index in [-0.39, 0.29) is 12.1 Å². The number of hydrogen-bond donors (Lipinski definition) is 1. The summed E-state index contributed by atoms with van der Waals surface area (Å²) in [6.07, 6.45) is 3.05. The van der Waals surface area contributed by atoms with E-state index >= 15 is 0 Å². The molecule has 1 N–H and O–H groups in total. The van der Waals surface area contributed by atoms with Crippen molar-refractivity contribution in [3.05, 3.63) is 33.8 Å². The molecule has 0 bridgehead atoms. The summed E-state index contributed by atoms with van der Waals surface area (Å²) in [6.45, 7) is 2.15. The number of benzene rings is 1. The molecule has 4 heteroatoms. The van der Waals surface area contributed by atoms with Gasteiger partial charge in [-0.25, -0.2) is 0 Å². The van der Waals surface area contributed by atoms with Gasteiger partial charge < -0.3 is 10.1 Å². The van der Waals surface area contributed by atoms with E-state index in [0.29, 0.717) is 10.0 Å². The highest BCUT2D eigenvalue weighted by Gasteiger charge is 2.21. The highest BCUT2D eigenvalue weighted by Crippen LogP contribution is 2.26. The molecule has 2 nitrogen and oxygen atoms in total. The minimum atomic E-state index is 0.173. The first kappa shape index (κ1) is 15.8. The van der Waals surface area contributed by atoms with Crippen molar-refractivity contribution in [3.8, 4) is 0 Å². The van der Waals surface area contributed by atoms with Crippen molar-refractivity contribution in [1.82, 2.24) is 5.32 Å². The van der Waals surface area contributed by atoms with E-state index in [1.54, 1.807) is 7.11 Å². The van der Waals surface area contributed by atoms with Gasteiger partial charge in [0.05, 0.1) is 6.10 Å². The fraction of sp³-hybridized carbons (Fsp3) is 0.571. The van der Waals surface area contributed by atoms with Crippen LogP contribution in [0.1, 0.15) is 25.3 Å². The Morgan fingerprint density at radius 2 is 1.89 bits per heavy atom. The molecule has 0 fully saturated rings. The smallest absolute Gasteiger partial charge is 0.0727 e. The largest absolute Gasteiger partial charge is 0.380 e. The van der Waals surface area contributed by atoms with Crippen LogP contribution in [-0.2, 0) is 11.2 Å². The van der Waals surface area contributed by atoms with Gasteiger partial charge in [-0.15, -0.1) is 0 Å². The topological polar surface area (TPSA) is 21.3 Å². The molecule has 0 saturated heterocycles. The van der Waals surface area contributed by atoms with Gasteiger partial charge >= 0.3 is 0 Å². The van der Waals surface area contributed by atoms with Gasteiger partial charge in [0.1, 0.15) is 0 Å². The molecular weight excluding hydrogens is 269 g/mol. The quantitative estimate of drug-likeness (QED) is 0.821.